The van der Waals surface area contributed by atoms with Crippen LogP contribution in [0.4, 0.5) is 5.69 Å². The van der Waals surface area contributed by atoms with E-state index in [4.69, 9.17) is 0 Å². The van der Waals surface area contributed by atoms with Crippen molar-refractivity contribution >= 4 is 17.6 Å². The Bertz CT molecular complexity index is 704. The smallest absolute Gasteiger partial charge is 0.320 e. The molecular formula is C21H26N2O3. The molecule has 0 saturated carbocycles. The number of carbonyl (C=O) groups is 2. The summed E-state index contributed by atoms with van der Waals surface area (Å²) in [5, 5.41) is 12.3. The number of benzene rings is 2. The number of carboxylic acid groups (broad SMARTS) is 1. The maximum absolute atomic E-state index is 12.9. The Balaban J connectivity index is 2.14. The van der Waals surface area contributed by atoms with Gasteiger partial charge in [0.1, 0.15) is 6.04 Å². The topological polar surface area (TPSA) is 69.6 Å². The highest BCUT2D eigenvalue weighted by Gasteiger charge is 2.25. The van der Waals surface area contributed by atoms with E-state index in [9.17, 15) is 14.7 Å². The predicted octanol–water partition coefficient (Wildman–Crippen LogP) is 3.31. The molecule has 0 aliphatic rings. The molecule has 0 aliphatic carbocycles. The first-order valence-electron chi connectivity index (χ1n) is 8.88. The molecule has 0 aromatic heterocycles. The molecule has 2 aromatic rings. The predicted molar refractivity (Wildman–Crippen MR) is 103 cm³/mol. The van der Waals surface area contributed by atoms with Crippen LogP contribution in [0, 0.1) is 5.92 Å². The van der Waals surface area contributed by atoms with Gasteiger partial charge >= 0.3 is 5.97 Å². The van der Waals surface area contributed by atoms with E-state index in [1.807, 2.05) is 74.5 Å². The molecule has 5 nitrogen and oxygen atoms in total. The molecule has 2 aromatic carbocycles. The number of carbonyl (C=O) groups excluding carboxylic acids is 1. The molecule has 0 radical (unpaired) electrons. The van der Waals surface area contributed by atoms with Crippen LogP contribution in [-0.4, -0.2) is 29.6 Å². The van der Waals surface area contributed by atoms with E-state index in [2.05, 4.69) is 5.32 Å². The summed E-state index contributed by atoms with van der Waals surface area (Å²) in [6, 6.07) is 18.4. The van der Waals surface area contributed by atoms with Gasteiger partial charge in [0, 0.05) is 5.69 Å². The lowest BCUT2D eigenvalue weighted by atomic mass is 9.99. The molecule has 138 valence electrons. The van der Waals surface area contributed by atoms with Crippen molar-refractivity contribution in [2.45, 2.75) is 32.9 Å². The summed E-state index contributed by atoms with van der Waals surface area (Å²) in [4.78, 5) is 26.0. The van der Waals surface area contributed by atoms with Gasteiger partial charge in [-0.15, -0.1) is 0 Å². The van der Waals surface area contributed by atoms with Crippen LogP contribution in [-0.2, 0) is 16.1 Å². The molecule has 2 N–H and O–H groups in total. The summed E-state index contributed by atoms with van der Waals surface area (Å²) in [6.45, 7) is 4.22. The average molecular weight is 354 g/mol. The number of hydrogen-bond donors (Lipinski definition) is 2. The Morgan fingerprint density at radius 3 is 2.15 bits per heavy atom. The lowest BCUT2D eigenvalue weighted by Crippen LogP contribution is -2.47. The van der Waals surface area contributed by atoms with Crippen LogP contribution < -0.4 is 10.2 Å². The number of para-hydroxylation sites is 1. The molecule has 1 amide bonds. The summed E-state index contributed by atoms with van der Waals surface area (Å²) in [5.74, 6) is -1.14. The van der Waals surface area contributed by atoms with Crippen molar-refractivity contribution in [2.75, 3.05) is 11.4 Å². The molecule has 0 unspecified atom stereocenters. The second kappa shape index (κ2) is 9.73. The van der Waals surface area contributed by atoms with E-state index in [0.717, 1.165) is 17.7 Å². The van der Waals surface area contributed by atoms with Crippen LogP contribution >= 0.6 is 0 Å². The summed E-state index contributed by atoms with van der Waals surface area (Å²) < 4.78 is 0. The molecule has 2 atom stereocenters. The summed E-state index contributed by atoms with van der Waals surface area (Å²) in [6.07, 6.45) is 0.727. The van der Waals surface area contributed by atoms with Crippen LogP contribution in [0.5, 0.6) is 0 Å². The van der Waals surface area contributed by atoms with Gasteiger partial charge in [0.2, 0.25) is 5.91 Å². The van der Waals surface area contributed by atoms with Crippen LogP contribution in [0.25, 0.3) is 0 Å². The van der Waals surface area contributed by atoms with Crippen LogP contribution in [0.2, 0.25) is 0 Å². The summed E-state index contributed by atoms with van der Waals surface area (Å²) in [7, 11) is 0. The molecule has 0 heterocycles. The number of anilines is 1. The average Bonchev–Trinajstić information content (AvgIpc) is 2.67. The van der Waals surface area contributed by atoms with Crippen LogP contribution in [0.1, 0.15) is 25.8 Å². The van der Waals surface area contributed by atoms with Crippen molar-refractivity contribution in [3.8, 4) is 0 Å². The summed E-state index contributed by atoms with van der Waals surface area (Å²) >= 11 is 0. The van der Waals surface area contributed by atoms with Gasteiger partial charge in [-0.25, -0.2) is 0 Å². The van der Waals surface area contributed by atoms with Gasteiger partial charge in [0.15, 0.2) is 0 Å². The Hall–Kier alpha value is -2.66. The number of nitrogens with zero attached hydrogens (tertiary/aromatic N) is 1. The number of rotatable bonds is 9. The Kier molecular flexibility index (Phi) is 7.36. The normalized spacial score (nSPS) is 13.0. The Labute approximate surface area is 154 Å². The molecule has 26 heavy (non-hydrogen) atoms. The molecular weight excluding hydrogens is 328 g/mol. The van der Waals surface area contributed by atoms with Gasteiger partial charge in [-0.05, 0) is 23.6 Å². The van der Waals surface area contributed by atoms with Crippen LogP contribution in [0.15, 0.2) is 60.7 Å². The van der Waals surface area contributed by atoms with Crippen LogP contribution in [0.3, 0.4) is 0 Å². The SMILES string of the molecule is CC[C@H](C)[C@H](NCC(=O)N(Cc1ccccc1)c1ccccc1)C(=O)O. The molecule has 5 heteroatoms. The molecule has 0 saturated heterocycles. The number of amides is 1. The third kappa shape index (κ3) is 5.43. The number of carboxylic acids is 1. The molecule has 0 spiro atoms. The molecule has 2 rings (SSSR count). The third-order valence-electron chi connectivity index (χ3n) is 4.50. The highest BCUT2D eigenvalue weighted by molar-refractivity contribution is 5.95. The number of nitrogens with one attached hydrogen (secondary N) is 1. The van der Waals surface area contributed by atoms with E-state index in [1.54, 1.807) is 4.90 Å². The first-order valence-corrected chi connectivity index (χ1v) is 8.88. The second-order valence-corrected chi connectivity index (χ2v) is 6.38. The standard InChI is InChI=1S/C21H26N2O3/c1-3-16(2)20(21(25)26)22-14-19(24)23(18-12-8-5-9-13-18)15-17-10-6-4-7-11-17/h4-13,16,20,22H,3,14-15H2,1-2H3,(H,25,26)/t16-,20-/m0/s1. The maximum atomic E-state index is 12.9. The van der Waals surface area contributed by atoms with Crippen molar-refractivity contribution in [1.29, 1.82) is 0 Å². The lowest BCUT2D eigenvalue weighted by Gasteiger charge is -2.25. The monoisotopic (exact) mass is 354 g/mol. The fourth-order valence-corrected chi connectivity index (χ4v) is 2.76. The highest BCUT2D eigenvalue weighted by atomic mass is 16.4. The number of aliphatic carboxylic acids is 1. The minimum absolute atomic E-state index is 0.0248. The summed E-state index contributed by atoms with van der Waals surface area (Å²) in [5.41, 5.74) is 1.81. The van der Waals surface area contributed by atoms with Crippen molar-refractivity contribution in [3.63, 3.8) is 0 Å². The number of hydrogen-bond acceptors (Lipinski definition) is 3. The van der Waals surface area contributed by atoms with Crippen molar-refractivity contribution in [3.05, 3.63) is 66.2 Å². The van der Waals surface area contributed by atoms with Gasteiger partial charge in [-0.3, -0.25) is 14.9 Å². The molecule has 0 bridgehead atoms. The lowest BCUT2D eigenvalue weighted by molar-refractivity contribution is -0.140. The Morgan fingerprint density at radius 2 is 1.62 bits per heavy atom. The quantitative estimate of drug-likeness (QED) is 0.725. The zero-order chi connectivity index (χ0) is 18.9. The fraction of sp³-hybridized carbons (Fsp3) is 0.333. The van der Waals surface area contributed by atoms with E-state index < -0.39 is 12.0 Å². The minimum Gasteiger partial charge on any atom is -0.480 e. The van der Waals surface area contributed by atoms with E-state index in [-0.39, 0.29) is 18.4 Å². The van der Waals surface area contributed by atoms with Gasteiger partial charge < -0.3 is 10.0 Å². The zero-order valence-electron chi connectivity index (χ0n) is 15.3. The second-order valence-electron chi connectivity index (χ2n) is 6.38. The van der Waals surface area contributed by atoms with E-state index in [0.29, 0.717) is 6.54 Å². The van der Waals surface area contributed by atoms with E-state index in [1.165, 1.54) is 0 Å². The van der Waals surface area contributed by atoms with Gasteiger partial charge in [0.05, 0.1) is 13.1 Å². The largest absolute Gasteiger partial charge is 0.480 e. The van der Waals surface area contributed by atoms with Gasteiger partial charge in [0.25, 0.3) is 0 Å². The van der Waals surface area contributed by atoms with E-state index >= 15 is 0 Å². The van der Waals surface area contributed by atoms with Crippen molar-refractivity contribution < 1.29 is 14.7 Å². The third-order valence-corrected chi connectivity index (χ3v) is 4.50. The van der Waals surface area contributed by atoms with Crippen molar-refractivity contribution in [2.24, 2.45) is 5.92 Å². The highest BCUT2D eigenvalue weighted by Crippen LogP contribution is 2.17. The first kappa shape index (κ1) is 19.7. The fourth-order valence-electron chi connectivity index (χ4n) is 2.76. The minimum atomic E-state index is -0.929. The molecule has 0 fully saturated rings. The maximum Gasteiger partial charge on any atom is 0.320 e. The first-order chi connectivity index (χ1) is 12.5. The van der Waals surface area contributed by atoms with Gasteiger partial charge in [-0.2, -0.15) is 0 Å². The van der Waals surface area contributed by atoms with Crippen molar-refractivity contribution in [1.82, 2.24) is 5.32 Å². The molecule has 0 aliphatic heterocycles. The Morgan fingerprint density at radius 1 is 1.04 bits per heavy atom. The van der Waals surface area contributed by atoms with Gasteiger partial charge in [-0.1, -0.05) is 68.8 Å². The zero-order valence-corrected chi connectivity index (χ0v) is 15.3.